The van der Waals surface area contributed by atoms with Crippen LogP contribution in [0.15, 0.2) is 66.7 Å². The van der Waals surface area contributed by atoms with Crippen molar-refractivity contribution in [2.24, 2.45) is 35.3 Å². The number of ether oxygens (including phenoxy) is 3. The zero-order chi connectivity index (χ0) is 70.8. The number of nitrogens with zero attached hydrogens (tertiary/aromatic N) is 4. The Kier molecular flexibility index (Phi) is 32.2. The zero-order valence-electron chi connectivity index (χ0n) is 57.5. The molecule has 27 heteroatoms. The molecule has 12 amide bonds. The summed E-state index contributed by atoms with van der Waals surface area (Å²) in [7, 11) is 5.96. The first kappa shape index (κ1) is 79.0. The van der Waals surface area contributed by atoms with Gasteiger partial charge in [0.05, 0.1) is 36.6 Å². The van der Waals surface area contributed by atoms with E-state index in [0.29, 0.717) is 56.3 Å². The van der Waals surface area contributed by atoms with Crippen molar-refractivity contribution in [1.29, 1.82) is 0 Å². The quantitative estimate of drug-likeness (QED) is 0.0333. The van der Waals surface area contributed by atoms with Gasteiger partial charge in [0.15, 0.2) is 0 Å². The first-order valence-corrected chi connectivity index (χ1v) is 32.9. The molecule has 1 saturated heterocycles. The van der Waals surface area contributed by atoms with E-state index in [2.05, 4.69) is 31.9 Å². The normalized spacial score (nSPS) is 16.9. The molecule has 4 rings (SSSR count). The fourth-order valence-electron chi connectivity index (χ4n) is 12.0. The smallest absolute Gasteiger partial charge is 0.410 e. The third kappa shape index (κ3) is 23.8. The number of carboxylic acids is 1. The molecule has 2 aliphatic rings. The van der Waals surface area contributed by atoms with E-state index in [4.69, 9.17) is 19.9 Å². The summed E-state index contributed by atoms with van der Waals surface area (Å²) in [6, 6.07) is 7.86. The maximum atomic E-state index is 14.8. The van der Waals surface area contributed by atoms with Crippen LogP contribution in [-0.4, -0.2) is 198 Å². The standard InChI is InChI=1S/C68H103N11O16/c1-14-43(8)59(51(93-12)38-55(83)78-36-22-26-50(78)60(94-13)44(9)61(84)73-49(66(89)90)37-45-23-17-15-18-24-45)76(10)65(88)57(41(4)5)75-64(87)58(42(6)7)77(11)68(92)95-39-46-28-30-47(31-29-46)71-62(85)48(25-21-34-70-67(69)91)72-63(86)56(40(2)3)74-52(80)27-19-16-20-35-79-53(81)32-33-54(79)82/h15,17-18,23-24,28-33,40-44,48-51,56-60H,14,16,19-22,25-27,34-39H2,1-13H3,(H,71,85)(H,72,86)(H,73,84)(H,74,80)(H,75,87)(H,89,90)(H3,69,70,91). The number of amides is 12. The molecule has 95 heavy (non-hydrogen) atoms. The second-order valence-corrected chi connectivity index (χ2v) is 25.7. The van der Waals surface area contributed by atoms with E-state index < -0.39 is 126 Å². The Bertz CT molecular complexity index is 2950. The van der Waals surface area contributed by atoms with Gasteiger partial charge in [0.2, 0.25) is 41.4 Å². The van der Waals surface area contributed by atoms with E-state index in [0.717, 1.165) is 15.4 Å². The van der Waals surface area contributed by atoms with Crippen LogP contribution in [0, 0.1) is 29.6 Å². The fraction of sp³-hybridized carbons (Fsp3) is 0.618. The summed E-state index contributed by atoms with van der Waals surface area (Å²) >= 11 is 0. The zero-order valence-corrected chi connectivity index (χ0v) is 57.5. The molecule has 0 bridgehead atoms. The molecule has 1 fully saturated rings. The maximum Gasteiger partial charge on any atom is 0.410 e. The van der Waals surface area contributed by atoms with Crippen molar-refractivity contribution in [3.05, 3.63) is 77.9 Å². The van der Waals surface area contributed by atoms with Crippen LogP contribution in [0.1, 0.15) is 138 Å². The summed E-state index contributed by atoms with van der Waals surface area (Å²) in [6.07, 6.45) is 3.58. The Morgan fingerprint density at radius 1 is 0.695 bits per heavy atom. The van der Waals surface area contributed by atoms with Crippen molar-refractivity contribution in [2.45, 2.75) is 194 Å². The monoisotopic (exact) mass is 1330 g/mol. The molecule has 2 aliphatic heterocycles. The molecular formula is C68H103N11O16. The summed E-state index contributed by atoms with van der Waals surface area (Å²) in [4.78, 5) is 165. The molecule has 2 aromatic carbocycles. The number of carbonyl (C=O) groups is 12. The highest BCUT2D eigenvalue weighted by molar-refractivity contribution is 6.12. The number of likely N-dealkylation sites (tertiary alicyclic amines) is 1. The highest BCUT2D eigenvalue weighted by Crippen LogP contribution is 2.30. The molecule has 0 spiro atoms. The number of nitrogens with two attached hydrogens (primary N) is 1. The van der Waals surface area contributed by atoms with Crippen molar-refractivity contribution in [2.75, 3.05) is 53.3 Å². The van der Waals surface area contributed by atoms with Gasteiger partial charge in [-0.2, -0.15) is 0 Å². The number of aliphatic carboxylic acids is 1. The van der Waals surface area contributed by atoms with Crippen LogP contribution in [0.5, 0.6) is 0 Å². The van der Waals surface area contributed by atoms with Gasteiger partial charge < -0.3 is 66.8 Å². The second-order valence-electron chi connectivity index (χ2n) is 25.7. The highest BCUT2D eigenvalue weighted by Gasteiger charge is 2.44. The van der Waals surface area contributed by atoms with Gasteiger partial charge in [-0.15, -0.1) is 0 Å². The lowest BCUT2D eigenvalue weighted by molar-refractivity contribution is -0.148. The molecule has 526 valence electrons. The maximum absolute atomic E-state index is 14.8. The van der Waals surface area contributed by atoms with Gasteiger partial charge in [-0.05, 0) is 85.5 Å². The van der Waals surface area contributed by atoms with E-state index in [-0.39, 0.29) is 81.4 Å². The number of imide groups is 1. The highest BCUT2D eigenvalue weighted by atomic mass is 16.6. The van der Waals surface area contributed by atoms with Gasteiger partial charge in [-0.1, -0.05) is 118 Å². The SMILES string of the molecule is CCC(C)C(C(CC(=O)N1CCCC1C(OC)C(C)C(=O)NC(Cc1ccccc1)C(=O)O)OC)N(C)C(=O)C(NC(=O)C(C(C)C)N(C)C(=O)OCc1ccc(NC(=O)C(CCCNC(N)=O)NC(=O)C(NC(=O)CCCCCN2C(=O)C=CC2=O)C(C)C)cc1)C(C)C. The minimum absolute atomic E-state index is 0.0752. The van der Waals surface area contributed by atoms with Gasteiger partial charge in [0, 0.05) is 78.6 Å². The summed E-state index contributed by atoms with van der Waals surface area (Å²) in [6.45, 7) is 16.6. The third-order valence-corrected chi connectivity index (χ3v) is 17.6. The third-order valence-electron chi connectivity index (χ3n) is 17.6. The molecule has 11 unspecified atom stereocenters. The van der Waals surface area contributed by atoms with Crippen LogP contribution in [0.2, 0.25) is 0 Å². The summed E-state index contributed by atoms with van der Waals surface area (Å²) in [5, 5.41) is 26.4. The predicted octanol–water partition coefficient (Wildman–Crippen LogP) is 4.65. The fourth-order valence-corrected chi connectivity index (χ4v) is 12.0. The number of carbonyl (C=O) groups excluding carboxylic acids is 11. The number of likely N-dealkylation sites (N-methyl/N-ethyl adjacent to an activating group) is 2. The van der Waals surface area contributed by atoms with Gasteiger partial charge in [0.1, 0.15) is 36.8 Å². The number of hydrogen-bond donors (Lipinski definition) is 8. The lowest BCUT2D eigenvalue weighted by Gasteiger charge is -2.41. The van der Waals surface area contributed by atoms with Crippen LogP contribution in [0.3, 0.4) is 0 Å². The number of methoxy groups -OCH3 is 2. The number of nitrogens with one attached hydrogen (secondary N) is 6. The average molecular weight is 1330 g/mol. The first-order chi connectivity index (χ1) is 44.9. The Morgan fingerprint density at radius 2 is 1.33 bits per heavy atom. The Labute approximate surface area is 558 Å². The molecule has 0 aliphatic carbocycles. The van der Waals surface area contributed by atoms with Gasteiger partial charge >= 0.3 is 18.1 Å². The summed E-state index contributed by atoms with van der Waals surface area (Å²) in [5.41, 5.74) is 6.83. The van der Waals surface area contributed by atoms with E-state index >= 15 is 0 Å². The molecule has 0 saturated carbocycles. The predicted molar refractivity (Wildman–Crippen MR) is 354 cm³/mol. The molecule has 0 aromatic heterocycles. The van der Waals surface area contributed by atoms with Crippen molar-refractivity contribution < 1.29 is 76.9 Å². The molecule has 11 atom stereocenters. The van der Waals surface area contributed by atoms with E-state index in [9.17, 15) is 62.6 Å². The number of unbranched alkanes of at least 4 members (excludes halogenated alkanes) is 2. The molecule has 2 aromatic rings. The van der Waals surface area contributed by atoms with Crippen LogP contribution in [-0.2, 0) is 75.2 Å². The largest absolute Gasteiger partial charge is 0.480 e. The lowest BCUT2D eigenvalue weighted by Crippen LogP contribution is -2.60. The first-order valence-electron chi connectivity index (χ1n) is 32.9. The number of benzene rings is 2. The molecular weight excluding hydrogens is 1230 g/mol. The van der Waals surface area contributed by atoms with Crippen LogP contribution in [0.4, 0.5) is 15.3 Å². The van der Waals surface area contributed by atoms with Crippen LogP contribution < -0.4 is 37.6 Å². The average Bonchev–Trinajstić information content (AvgIpc) is 1.81. The number of urea groups is 1. The molecule has 0 radical (unpaired) electrons. The van der Waals surface area contributed by atoms with E-state index in [1.54, 1.807) is 109 Å². The molecule has 27 nitrogen and oxygen atoms in total. The minimum atomic E-state index is -1.19. The number of primary amides is 1. The number of anilines is 1. The summed E-state index contributed by atoms with van der Waals surface area (Å²) < 4.78 is 17.7. The number of hydrogen-bond acceptors (Lipinski definition) is 15. The number of carboxylic acid groups (broad SMARTS) is 1. The Morgan fingerprint density at radius 3 is 1.89 bits per heavy atom. The van der Waals surface area contributed by atoms with Crippen molar-refractivity contribution in [3.8, 4) is 0 Å². The Hall–Kier alpha value is -8.46. The lowest BCUT2D eigenvalue weighted by atomic mass is 9.89. The number of rotatable bonds is 39. The molecule has 9 N–H and O–H groups in total. The van der Waals surface area contributed by atoms with Crippen molar-refractivity contribution >= 4 is 76.9 Å². The van der Waals surface area contributed by atoms with Crippen molar-refractivity contribution in [3.63, 3.8) is 0 Å². The van der Waals surface area contributed by atoms with Gasteiger partial charge in [-0.25, -0.2) is 14.4 Å². The summed E-state index contributed by atoms with van der Waals surface area (Å²) in [5.74, 6) is -7.74. The topological polar surface area (TPSA) is 364 Å². The second kappa shape index (κ2) is 38.8. The molecule has 2 heterocycles. The van der Waals surface area contributed by atoms with Gasteiger partial charge in [-0.3, -0.25) is 53.0 Å². The van der Waals surface area contributed by atoms with Crippen molar-refractivity contribution in [1.82, 2.24) is 46.2 Å². The van der Waals surface area contributed by atoms with E-state index in [1.807, 2.05) is 19.9 Å². The van der Waals surface area contributed by atoms with Crippen LogP contribution >= 0.6 is 0 Å². The minimum Gasteiger partial charge on any atom is -0.480 e. The van der Waals surface area contributed by atoms with Gasteiger partial charge in [0.25, 0.3) is 11.8 Å². The Balaban J connectivity index is 1.38. The van der Waals surface area contributed by atoms with E-state index in [1.165, 1.54) is 38.3 Å². The van der Waals surface area contributed by atoms with Crippen LogP contribution in [0.25, 0.3) is 0 Å².